The molecule has 27 heavy (non-hydrogen) atoms. The van der Waals surface area contributed by atoms with E-state index in [2.05, 4.69) is 29.4 Å². The zero-order chi connectivity index (χ0) is 19.4. The Morgan fingerprint density at radius 3 is 2.81 bits per heavy atom. The maximum atomic E-state index is 12.4. The molecule has 1 N–H and O–H groups in total. The quantitative estimate of drug-likeness (QED) is 0.567. The van der Waals surface area contributed by atoms with E-state index in [9.17, 15) is 4.79 Å². The van der Waals surface area contributed by atoms with Crippen LogP contribution in [0.2, 0.25) is 5.02 Å². The van der Waals surface area contributed by atoms with Crippen molar-refractivity contribution in [3.05, 3.63) is 47.2 Å². The fourth-order valence-electron chi connectivity index (χ4n) is 2.57. The van der Waals surface area contributed by atoms with Crippen LogP contribution in [0.5, 0.6) is 0 Å². The van der Waals surface area contributed by atoms with Gasteiger partial charge in [-0.3, -0.25) is 9.36 Å². The number of furan rings is 1. The molecule has 0 aliphatic rings. The molecule has 1 amide bonds. The van der Waals surface area contributed by atoms with Crippen LogP contribution in [0.15, 0.2) is 46.2 Å². The number of amides is 1. The van der Waals surface area contributed by atoms with E-state index in [1.807, 2.05) is 35.8 Å². The van der Waals surface area contributed by atoms with Gasteiger partial charge in [0.25, 0.3) is 0 Å². The molecule has 0 saturated heterocycles. The molecule has 0 radical (unpaired) electrons. The summed E-state index contributed by atoms with van der Waals surface area (Å²) in [7, 11) is 0. The van der Waals surface area contributed by atoms with Crippen molar-refractivity contribution in [2.75, 3.05) is 11.1 Å². The molecular weight excluding hydrogens is 384 g/mol. The molecule has 0 atom stereocenters. The highest BCUT2D eigenvalue weighted by molar-refractivity contribution is 7.99. The Hall–Kier alpha value is -2.25. The van der Waals surface area contributed by atoms with Crippen LogP contribution in [-0.2, 0) is 11.3 Å². The number of carbonyl (C=O) groups excluding carboxylic acids is 1. The van der Waals surface area contributed by atoms with Gasteiger partial charge in [0, 0.05) is 17.3 Å². The van der Waals surface area contributed by atoms with Crippen LogP contribution in [-0.4, -0.2) is 26.4 Å². The lowest BCUT2D eigenvalue weighted by Gasteiger charge is -2.12. The first-order valence-corrected chi connectivity index (χ1v) is 9.97. The molecule has 142 valence electrons. The lowest BCUT2D eigenvalue weighted by molar-refractivity contribution is -0.113. The highest BCUT2D eigenvalue weighted by atomic mass is 35.5. The summed E-state index contributed by atoms with van der Waals surface area (Å²) in [6.45, 7) is 6.85. The minimum atomic E-state index is -0.121. The number of hydrogen-bond donors (Lipinski definition) is 1. The fourth-order valence-corrected chi connectivity index (χ4v) is 3.49. The molecule has 3 rings (SSSR count). The van der Waals surface area contributed by atoms with E-state index in [4.69, 9.17) is 16.0 Å². The Bertz CT molecular complexity index is 922. The second-order valence-electron chi connectivity index (χ2n) is 6.54. The molecule has 6 nitrogen and oxygen atoms in total. The Labute approximate surface area is 167 Å². The van der Waals surface area contributed by atoms with Crippen LogP contribution in [0, 0.1) is 12.8 Å². The van der Waals surface area contributed by atoms with Gasteiger partial charge in [-0.05, 0) is 42.7 Å². The first kappa shape index (κ1) is 19.5. The van der Waals surface area contributed by atoms with E-state index >= 15 is 0 Å². The lowest BCUT2D eigenvalue weighted by Crippen LogP contribution is -2.16. The van der Waals surface area contributed by atoms with E-state index in [1.165, 1.54) is 11.8 Å². The van der Waals surface area contributed by atoms with Gasteiger partial charge in [0.1, 0.15) is 0 Å². The first-order valence-electron chi connectivity index (χ1n) is 8.60. The van der Waals surface area contributed by atoms with Crippen LogP contribution < -0.4 is 5.32 Å². The predicted octanol–water partition coefficient (Wildman–Crippen LogP) is 4.89. The van der Waals surface area contributed by atoms with Crippen LogP contribution in [0.4, 0.5) is 5.69 Å². The number of nitrogens with zero attached hydrogens (tertiary/aromatic N) is 3. The molecule has 0 aliphatic carbocycles. The van der Waals surface area contributed by atoms with Gasteiger partial charge in [0.05, 0.1) is 12.0 Å². The minimum absolute atomic E-state index is 0.121. The second kappa shape index (κ2) is 8.63. The average Bonchev–Trinajstić information content (AvgIpc) is 3.26. The van der Waals surface area contributed by atoms with Gasteiger partial charge in [0.2, 0.25) is 5.91 Å². The first-order chi connectivity index (χ1) is 13.0. The second-order valence-corrected chi connectivity index (χ2v) is 7.89. The van der Waals surface area contributed by atoms with Gasteiger partial charge in [-0.15, -0.1) is 10.2 Å². The van der Waals surface area contributed by atoms with Gasteiger partial charge in [-0.25, -0.2) is 0 Å². The van der Waals surface area contributed by atoms with Gasteiger partial charge in [-0.2, -0.15) is 0 Å². The Morgan fingerprint density at radius 2 is 2.11 bits per heavy atom. The number of nitrogens with one attached hydrogen (secondary N) is 1. The molecule has 0 aliphatic heterocycles. The summed E-state index contributed by atoms with van der Waals surface area (Å²) < 4.78 is 7.45. The number of thioether (sulfide) groups is 1. The Kier molecular flexibility index (Phi) is 6.23. The summed E-state index contributed by atoms with van der Waals surface area (Å²) in [5.41, 5.74) is 1.56. The molecule has 0 bridgehead atoms. The van der Waals surface area contributed by atoms with E-state index in [1.54, 1.807) is 12.3 Å². The zero-order valence-corrected chi connectivity index (χ0v) is 17.0. The normalized spacial score (nSPS) is 11.1. The van der Waals surface area contributed by atoms with E-state index in [0.717, 1.165) is 12.1 Å². The van der Waals surface area contributed by atoms with E-state index in [0.29, 0.717) is 33.4 Å². The number of rotatable bonds is 7. The van der Waals surface area contributed by atoms with Crippen molar-refractivity contribution >= 4 is 35.0 Å². The summed E-state index contributed by atoms with van der Waals surface area (Å²) in [5, 5.41) is 12.7. The topological polar surface area (TPSA) is 73.0 Å². The predicted molar refractivity (Wildman–Crippen MR) is 108 cm³/mol. The van der Waals surface area contributed by atoms with Crippen LogP contribution in [0.1, 0.15) is 19.4 Å². The van der Waals surface area contributed by atoms with E-state index < -0.39 is 0 Å². The summed E-state index contributed by atoms with van der Waals surface area (Å²) in [6.07, 6.45) is 1.61. The third-order valence-electron chi connectivity index (χ3n) is 3.88. The Balaban J connectivity index is 1.72. The van der Waals surface area contributed by atoms with Crippen molar-refractivity contribution < 1.29 is 9.21 Å². The van der Waals surface area contributed by atoms with Gasteiger partial charge < -0.3 is 9.73 Å². The molecule has 3 aromatic rings. The summed E-state index contributed by atoms with van der Waals surface area (Å²) in [6, 6.07) is 9.11. The maximum Gasteiger partial charge on any atom is 0.234 e. The smallest absolute Gasteiger partial charge is 0.234 e. The van der Waals surface area contributed by atoms with Crippen molar-refractivity contribution in [2.24, 2.45) is 5.92 Å². The summed E-state index contributed by atoms with van der Waals surface area (Å²) >= 11 is 7.45. The number of halogens is 1. The van der Waals surface area contributed by atoms with Gasteiger partial charge in [-0.1, -0.05) is 43.3 Å². The highest BCUT2D eigenvalue weighted by Crippen LogP contribution is 2.26. The molecule has 0 saturated carbocycles. The number of carbonyl (C=O) groups is 1. The number of anilines is 1. The van der Waals surface area contributed by atoms with E-state index in [-0.39, 0.29) is 11.7 Å². The number of benzene rings is 1. The van der Waals surface area contributed by atoms with Crippen LogP contribution in [0.3, 0.4) is 0 Å². The molecule has 0 spiro atoms. The summed E-state index contributed by atoms with van der Waals surface area (Å²) in [4.78, 5) is 12.4. The monoisotopic (exact) mass is 404 g/mol. The Morgan fingerprint density at radius 1 is 1.30 bits per heavy atom. The SMILES string of the molecule is Cc1c(Cl)cccc1NC(=O)CSc1nnc(-c2ccco2)n1CC(C)C. The lowest BCUT2D eigenvalue weighted by atomic mass is 10.2. The van der Waals surface area contributed by atoms with Gasteiger partial charge in [0.15, 0.2) is 16.7 Å². The molecule has 0 fully saturated rings. The highest BCUT2D eigenvalue weighted by Gasteiger charge is 2.18. The standard InChI is InChI=1S/C19H21ClN4O2S/c1-12(2)10-24-18(16-8-5-9-26-16)22-23-19(24)27-11-17(25)21-15-7-4-6-14(20)13(15)3/h4-9,12H,10-11H2,1-3H3,(H,21,25). The molecule has 1 aromatic carbocycles. The molecule has 8 heteroatoms. The number of aromatic nitrogens is 3. The van der Waals surface area contributed by atoms with Crippen LogP contribution >= 0.6 is 23.4 Å². The largest absolute Gasteiger partial charge is 0.461 e. The minimum Gasteiger partial charge on any atom is -0.461 e. The van der Waals surface area contributed by atoms with Crippen molar-refractivity contribution in [1.29, 1.82) is 0 Å². The summed E-state index contributed by atoms with van der Waals surface area (Å²) in [5.74, 6) is 1.83. The van der Waals surface area contributed by atoms with Crippen molar-refractivity contribution in [3.8, 4) is 11.6 Å². The molecule has 0 unspecified atom stereocenters. The maximum absolute atomic E-state index is 12.4. The third kappa shape index (κ3) is 4.73. The molecule has 2 aromatic heterocycles. The average molecular weight is 405 g/mol. The number of hydrogen-bond acceptors (Lipinski definition) is 5. The third-order valence-corrected chi connectivity index (χ3v) is 5.26. The van der Waals surface area contributed by atoms with Crippen molar-refractivity contribution in [1.82, 2.24) is 14.8 Å². The molecular formula is C19H21ClN4O2S. The van der Waals surface area contributed by atoms with Crippen molar-refractivity contribution in [2.45, 2.75) is 32.5 Å². The van der Waals surface area contributed by atoms with Gasteiger partial charge >= 0.3 is 0 Å². The van der Waals surface area contributed by atoms with Crippen molar-refractivity contribution in [3.63, 3.8) is 0 Å². The fraction of sp³-hybridized carbons (Fsp3) is 0.316. The van der Waals surface area contributed by atoms with Crippen LogP contribution in [0.25, 0.3) is 11.6 Å². The zero-order valence-electron chi connectivity index (χ0n) is 15.4. The molecule has 2 heterocycles.